The molecule has 0 spiro atoms. The first-order valence-electron chi connectivity index (χ1n) is 2.99. The SMILES string of the molecule is NC(=O)NCCOCCO. The molecule has 0 aromatic heterocycles. The van der Waals surface area contributed by atoms with Gasteiger partial charge in [-0.3, -0.25) is 0 Å². The van der Waals surface area contributed by atoms with Crippen LogP contribution in [-0.2, 0) is 4.74 Å². The lowest BCUT2D eigenvalue weighted by Crippen LogP contribution is -2.32. The largest absolute Gasteiger partial charge is 0.394 e. The summed E-state index contributed by atoms with van der Waals surface area (Å²) in [5.74, 6) is 0. The van der Waals surface area contributed by atoms with Crippen LogP contribution in [0.4, 0.5) is 4.79 Å². The van der Waals surface area contributed by atoms with E-state index in [0.29, 0.717) is 19.8 Å². The Kier molecular flexibility index (Phi) is 5.80. The molecule has 0 aliphatic carbocycles. The van der Waals surface area contributed by atoms with Gasteiger partial charge in [0.25, 0.3) is 0 Å². The fourth-order valence-corrected chi connectivity index (χ4v) is 0.413. The smallest absolute Gasteiger partial charge is 0.312 e. The number of amides is 2. The molecule has 5 nitrogen and oxygen atoms in total. The van der Waals surface area contributed by atoms with Crippen LogP contribution in [0.15, 0.2) is 0 Å². The molecular weight excluding hydrogens is 136 g/mol. The van der Waals surface area contributed by atoms with Crippen molar-refractivity contribution in [2.24, 2.45) is 5.73 Å². The second kappa shape index (κ2) is 6.31. The summed E-state index contributed by atoms with van der Waals surface area (Å²) in [5.41, 5.74) is 4.75. The number of carbonyl (C=O) groups is 1. The van der Waals surface area contributed by atoms with Crippen LogP contribution in [0.1, 0.15) is 0 Å². The van der Waals surface area contributed by atoms with Crippen LogP contribution < -0.4 is 11.1 Å². The number of rotatable bonds is 5. The van der Waals surface area contributed by atoms with Gasteiger partial charge in [0, 0.05) is 6.54 Å². The van der Waals surface area contributed by atoms with Gasteiger partial charge in [0.2, 0.25) is 0 Å². The standard InChI is InChI=1S/C5H12N2O3/c6-5(9)7-1-3-10-4-2-8/h8H,1-4H2,(H3,6,7,9). The van der Waals surface area contributed by atoms with E-state index in [2.05, 4.69) is 5.32 Å². The summed E-state index contributed by atoms with van der Waals surface area (Å²) in [6.07, 6.45) is 0. The number of aliphatic hydroxyl groups is 1. The molecule has 0 aromatic carbocycles. The van der Waals surface area contributed by atoms with Crippen LogP contribution in [0.3, 0.4) is 0 Å². The van der Waals surface area contributed by atoms with Crippen molar-refractivity contribution in [3.63, 3.8) is 0 Å². The number of hydrogen-bond acceptors (Lipinski definition) is 3. The lowest BCUT2D eigenvalue weighted by atomic mass is 10.6. The molecule has 60 valence electrons. The third-order valence-electron chi connectivity index (χ3n) is 0.781. The van der Waals surface area contributed by atoms with E-state index in [9.17, 15) is 4.79 Å². The lowest BCUT2D eigenvalue weighted by Gasteiger charge is -2.01. The van der Waals surface area contributed by atoms with Crippen molar-refractivity contribution in [1.29, 1.82) is 0 Å². The summed E-state index contributed by atoms with van der Waals surface area (Å²) in [5, 5.41) is 10.6. The molecule has 0 saturated heterocycles. The molecule has 4 N–H and O–H groups in total. The van der Waals surface area contributed by atoms with Crippen molar-refractivity contribution in [2.75, 3.05) is 26.4 Å². The molecule has 0 aromatic rings. The van der Waals surface area contributed by atoms with Crippen LogP contribution in [0.25, 0.3) is 0 Å². The average Bonchev–Trinajstić information content (AvgIpc) is 1.87. The molecular formula is C5H12N2O3. The summed E-state index contributed by atoms with van der Waals surface area (Å²) < 4.78 is 4.81. The number of primary amides is 1. The minimum atomic E-state index is -0.562. The molecule has 0 bridgehead atoms. The van der Waals surface area contributed by atoms with Crippen LogP contribution in [-0.4, -0.2) is 37.5 Å². The molecule has 0 saturated carbocycles. The van der Waals surface area contributed by atoms with Gasteiger partial charge >= 0.3 is 6.03 Å². The highest BCUT2D eigenvalue weighted by Gasteiger charge is 1.89. The van der Waals surface area contributed by atoms with Crippen molar-refractivity contribution in [2.45, 2.75) is 0 Å². The van der Waals surface area contributed by atoms with Crippen molar-refractivity contribution in [3.05, 3.63) is 0 Å². The summed E-state index contributed by atoms with van der Waals surface area (Å²) in [6.45, 7) is 1.05. The maximum absolute atomic E-state index is 10.0. The van der Waals surface area contributed by atoms with E-state index in [4.69, 9.17) is 15.6 Å². The third-order valence-corrected chi connectivity index (χ3v) is 0.781. The monoisotopic (exact) mass is 148 g/mol. The highest BCUT2D eigenvalue weighted by molar-refractivity contribution is 5.71. The second-order valence-electron chi connectivity index (χ2n) is 1.63. The van der Waals surface area contributed by atoms with Gasteiger partial charge in [-0.15, -0.1) is 0 Å². The molecule has 0 atom stereocenters. The first-order chi connectivity index (χ1) is 4.77. The second-order valence-corrected chi connectivity index (χ2v) is 1.63. The zero-order chi connectivity index (χ0) is 7.82. The van der Waals surface area contributed by atoms with Crippen molar-refractivity contribution in [3.8, 4) is 0 Å². The molecule has 0 aliphatic heterocycles. The van der Waals surface area contributed by atoms with Crippen LogP contribution in [0, 0.1) is 0 Å². The zero-order valence-corrected chi connectivity index (χ0v) is 5.67. The van der Waals surface area contributed by atoms with E-state index in [1.54, 1.807) is 0 Å². The van der Waals surface area contributed by atoms with Crippen molar-refractivity contribution >= 4 is 6.03 Å². The van der Waals surface area contributed by atoms with Gasteiger partial charge in [-0.25, -0.2) is 4.79 Å². The predicted molar refractivity (Wildman–Crippen MR) is 35.5 cm³/mol. The van der Waals surface area contributed by atoms with Gasteiger partial charge in [-0.1, -0.05) is 0 Å². The molecule has 0 fully saturated rings. The van der Waals surface area contributed by atoms with E-state index >= 15 is 0 Å². The quantitative estimate of drug-likeness (QED) is 0.422. The first kappa shape index (κ1) is 9.19. The van der Waals surface area contributed by atoms with Crippen molar-refractivity contribution in [1.82, 2.24) is 5.32 Å². The highest BCUT2D eigenvalue weighted by atomic mass is 16.5. The Bertz CT molecular complexity index is 96.9. The highest BCUT2D eigenvalue weighted by Crippen LogP contribution is 1.70. The molecule has 0 unspecified atom stereocenters. The van der Waals surface area contributed by atoms with E-state index in [1.807, 2.05) is 0 Å². The molecule has 10 heavy (non-hydrogen) atoms. The number of carbonyl (C=O) groups excluding carboxylic acids is 1. The van der Waals surface area contributed by atoms with E-state index in [0.717, 1.165) is 0 Å². The Morgan fingerprint density at radius 2 is 2.30 bits per heavy atom. The molecule has 5 heteroatoms. The average molecular weight is 148 g/mol. The maximum Gasteiger partial charge on any atom is 0.312 e. The van der Waals surface area contributed by atoms with Crippen LogP contribution in [0.5, 0.6) is 0 Å². The predicted octanol–water partition coefficient (Wildman–Crippen LogP) is -1.34. The Hall–Kier alpha value is -0.810. The van der Waals surface area contributed by atoms with Gasteiger partial charge in [0.1, 0.15) is 0 Å². The Balaban J connectivity index is 2.84. The summed E-state index contributed by atoms with van der Waals surface area (Å²) in [4.78, 5) is 10.0. The molecule has 2 amide bonds. The van der Waals surface area contributed by atoms with Gasteiger partial charge in [-0.2, -0.15) is 0 Å². The normalized spacial score (nSPS) is 9.30. The molecule has 0 radical (unpaired) electrons. The maximum atomic E-state index is 10.0. The van der Waals surface area contributed by atoms with Gasteiger partial charge in [0.05, 0.1) is 19.8 Å². The number of ether oxygens (including phenoxy) is 1. The molecule has 0 rings (SSSR count). The Morgan fingerprint density at radius 3 is 2.80 bits per heavy atom. The molecule has 0 aliphatic rings. The minimum Gasteiger partial charge on any atom is -0.394 e. The minimum absolute atomic E-state index is 0.00340. The number of aliphatic hydroxyl groups excluding tert-OH is 1. The van der Waals surface area contributed by atoms with Gasteiger partial charge < -0.3 is 20.9 Å². The summed E-state index contributed by atoms with van der Waals surface area (Å²) in [7, 11) is 0. The number of nitrogens with two attached hydrogens (primary N) is 1. The van der Waals surface area contributed by atoms with E-state index in [1.165, 1.54) is 0 Å². The van der Waals surface area contributed by atoms with Crippen LogP contribution in [0.2, 0.25) is 0 Å². The topological polar surface area (TPSA) is 84.6 Å². The first-order valence-corrected chi connectivity index (χ1v) is 2.99. The lowest BCUT2D eigenvalue weighted by molar-refractivity contribution is 0.0949. The Morgan fingerprint density at radius 1 is 1.60 bits per heavy atom. The fraction of sp³-hybridized carbons (Fsp3) is 0.800. The number of nitrogens with one attached hydrogen (secondary N) is 1. The third kappa shape index (κ3) is 7.19. The van der Waals surface area contributed by atoms with Crippen molar-refractivity contribution < 1.29 is 14.6 Å². The molecule has 0 heterocycles. The van der Waals surface area contributed by atoms with E-state index in [-0.39, 0.29) is 6.61 Å². The van der Waals surface area contributed by atoms with Gasteiger partial charge in [0.15, 0.2) is 0 Å². The summed E-state index contributed by atoms with van der Waals surface area (Å²) >= 11 is 0. The Labute approximate surface area is 59.2 Å². The van der Waals surface area contributed by atoms with Crippen LogP contribution >= 0.6 is 0 Å². The fourth-order valence-electron chi connectivity index (χ4n) is 0.413. The zero-order valence-electron chi connectivity index (χ0n) is 5.67. The van der Waals surface area contributed by atoms with Gasteiger partial charge in [-0.05, 0) is 0 Å². The summed E-state index contributed by atoms with van der Waals surface area (Å²) in [6, 6.07) is -0.562. The number of urea groups is 1. The van der Waals surface area contributed by atoms with E-state index < -0.39 is 6.03 Å². The number of hydrogen-bond donors (Lipinski definition) is 3.